The molecular weight excluding hydrogens is 344 g/mol. The zero-order valence-corrected chi connectivity index (χ0v) is 14.4. The van der Waals surface area contributed by atoms with Crippen LogP contribution in [0, 0.1) is 0 Å². The van der Waals surface area contributed by atoms with Crippen LogP contribution in [0.15, 0.2) is 57.2 Å². The Morgan fingerprint density at radius 3 is 2.62 bits per heavy atom. The predicted octanol–water partition coefficient (Wildman–Crippen LogP) is 2.97. The molecule has 2 amide bonds. The number of carbonyl (C=O) groups is 2. The van der Waals surface area contributed by atoms with Gasteiger partial charge in [-0.2, -0.15) is 11.3 Å². The highest BCUT2D eigenvalue weighted by Gasteiger charge is 2.20. The van der Waals surface area contributed by atoms with Crippen molar-refractivity contribution in [2.24, 2.45) is 0 Å². The van der Waals surface area contributed by atoms with E-state index in [2.05, 4.69) is 10.6 Å². The molecule has 0 aliphatic carbocycles. The lowest BCUT2D eigenvalue weighted by atomic mass is 9.99. The van der Waals surface area contributed by atoms with E-state index in [0.717, 1.165) is 16.2 Å². The molecule has 0 spiro atoms. The molecule has 0 fully saturated rings. The molecule has 3 heterocycles. The van der Waals surface area contributed by atoms with Crippen molar-refractivity contribution in [1.29, 1.82) is 0 Å². The number of amides is 2. The Labute approximate surface area is 147 Å². The van der Waals surface area contributed by atoms with Crippen LogP contribution < -0.4 is 10.6 Å². The van der Waals surface area contributed by atoms with E-state index >= 15 is 0 Å². The van der Waals surface area contributed by atoms with Crippen molar-refractivity contribution in [3.05, 3.63) is 68.9 Å². The summed E-state index contributed by atoms with van der Waals surface area (Å²) in [6, 6.07) is 9.48. The summed E-state index contributed by atoms with van der Waals surface area (Å²) in [5.74, 6) is -0.627. The second kappa shape index (κ2) is 7.94. The standard InChI is InChI=1S/C17H16N2O3S2/c20-16(18-9-13-3-2-7-24-13)17(21)19-10-14(12-5-8-23-11-12)15-4-1-6-22-15/h1-8,11,14H,9-10H2,(H,18,20)(H,19,21). The van der Waals surface area contributed by atoms with Gasteiger partial charge in [-0.05, 0) is 46.0 Å². The molecule has 1 unspecified atom stereocenters. The normalized spacial score (nSPS) is 11.8. The molecule has 0 aliphatic rings. The number of furan rings is 1. The zero-order chi connectivity index (χ0) is 16.8. The van der Waals surface area contributed by atoms with E-state index in [1.54, 1.807) is 17.6 Å². The van der Waals surface area contributed by atoms with Crippen LogP contribution in [0.4, 0.5) is 0 Å². The van der Waals surface area contributed by atoms with Gasteiger partial charge in [-0.15, -0.1) is 11.3 Å². The van der Waals surface area contributed by atoms with Gasteiger partial charge >= 0.3 is 11.8 Å². The van der Waals surface area contributed by atoms with E-state index in [1.165, 1.54) is 11.3 Å². The summed E-state index contributed by atoms with van der Waals surface area (Å²) in [6.45, 7) is 0.658. The molecule has 3 aromatic heterocycles. The molecule has 3 aromatic rings. The lowest BCUT2D eigenvalue weighted by molar-refractivity contribution is -0.139. The summed E-state index contributed by atoms with van der Waals surface area (Å²) >= 11 is 3.11. The van der Waals surface area contributed by atoms with Crippen LogP contribution in [0.25, 0.3) is 0 Å². The quantitative estimate of drug-likeness (QED) is 0.664. The van der Waals surface area contributed by atoms with Crippen molar-refractivity contribution < 1.29 is 14.0 Å². The van der Waals surface area contributed by atoms with Gasteiger partial charge in [0.2, 0.25) is 0 Å². The summed E-state index contributed by atoms with van der Waals surface area (Å²) in [7, 11) is 0. The third-order valence-corrected chi connectivity index (χ3v) is 5.09. The maximum Gasteiger partial charge on any atom is 0.309 e. The van der Waals surface area contributed by atoms with E-state index in [9.17, 15) is 9.59 Å². The third-order valence-electron chi connectivity index (χ3n) is 3.51. The Balaban J connectivity index is 1.56. The first-order valence-electron chi connectivity index (χ1n) is 7.38. The molecule has 1 atom stereocenters. The Kier molecular flexibility index (Phi) is 5.45. The van der Waals surface area contributed by atoms with Crippen LogP contribution >= 0.6 is 22.7 Å². The van der Waals surface area contributed by atoms with Gasteiger partial charge in [-0.3, -0.25) is 9.59 Å². The molecule has 124 valence electrons. The van der Waals surface area contributed by atoms with Crippen LogP contribution in [0.1, 0.15) is 22.1 Å². The number of hydrogen-bond donors (Lipinski definition) is 2. The molecular formula is C17H16N2O3S2. The average Bonchev–Trinajstić information content (AvgIpc) is 3.35. The number of carbonyl (C=O) groups excluding carboxylic acids is 2. The Hall–Kier alpha value is -2.38. The highest BCUT2D eigenvalue weighted by atomic mass is 32.1. The minimum absolute atomic E-state index is 0.111. The topological polar surface area (TPSA) is 71.3 Å². The minimum Gasteiger partial charge on any atom is -0.469 e. The van der Waals surface area contributed by atoms with Crippen molar-refractivity contribution in [2.75, 3.05) is 6.54 Å². The predicted molar refractivity (Wildman–Crippen MR) is 94.0 cm³/mol. The van der Waals surface area contributed by atoms with Gasteiger partial charge < -0.3 is 15.1 Å². The number of rotatable bonds is 6. The highest BCUT2D eigenvalue weighted by molar-refractivity contribution is 7.09. The van der Waals surface area contributed by atoms with Crippen molar-refractivity contribution in [3.63, 3.8) is 0 Å². The number of hydrogen-bond acceptors (Lipinski definition) is 5. The van der Waals surface area contributed by atoms with Gasteiger partial charge in [0.05, 0.1) is 18.7 Å². The SMILES string of the molecule is O=C(NCc1cccs1)C(=O)NCC(c1ccsc1)c1ccco1. The number of thiophene rings is 2. The maximum absolute atomic E-state index is 12.0. The first kappa shape index (κ1) is 16.5. The van der Waals surface area contributed by atoms with Crippen LogP contribution in [0.3, 0.4) is 0 Å². The van der Waals surface area contributed by atoms with E-state index in [4.69, 9.17) is 4.42 Å². The molecule has 0 radical (unpaired) electrons. The van der Waals surface area contributed by atoms with Crippen molar-refractivity contribution >= 4 is 34.5 Å². The first-order valence-corrected chi connectivity index (χ1v) is 9.20. The second-order valence-corrected chi connectivity index (χ2v) is 6.91. The highest BCUT2D eigenvalue weighted by Crippen LogP contribution is 2.26. The molecule has 2 N–H and O–H groups in total. The average molecular weight is 360 g/mol. The fraction of sp³-hybridized carbons (Fsp3) is 0.176. The van der Waals surface area contributed by atoms with Crippen molar-refractivity contribution in [2.45, 2.75) is 12.5 Å². The van der Waals surface area contributed by atoms with Crippen molar-refractivity contribution in [1.82, 2.24) is 10.6 Å². The summed E-state index contributed by atoms with van der Waals surface area (Å²) in [4.78, 5) is 24.9. The van der Waals surface area contributed by atoms with Gasteiger partial charge in [0.1, 0.15) is 5.76 Å². The molecule has 0 bridgehead atoms. The van der Waals surface area contributed by atoms with Crippen LogP contribution in [-0.4, -0.2) is 18.4 Å². The van der Waals surface area contributed by atoms with E-state index in [1.807, 2.05) is 46.5 Å². The van der Waals surface area contributed by atoms with Gasteiger partial charge in [0, 0.05) is 11.4 Å². The summed E-state index contributed by atoms with van der Waals surface area (Å²) in [5.41, 5.74) is 1.05. The van der Waals surface area contributed by atoms with E-state index in [0.29, 0.717) is 13.1 Å². The van der Waals surface area contributed by atoms with Crippen LogP contribution in [-0.2, 0) is 16.1 Å². The molecule has 0 saturated carbocycles. The van der Waals surface area contributed by atoms with Gasteiger partial charge in [-0.25, -0.2) is 0 Å². The molecule has 0 aliphatic heterocycles. The Bertz CT molecular complexity index is 731. The van der Waals surface area contributed by atoms with E-state index < -0.39 is 11.8 Å². The van der Waals surface area contributed by atoms with Gasteiger partial charge in [0.25, 0.3) is 0 Å². The smallest absolute Gasteiger partial charge is 0.309 e. The molecule has 24 heavy (non-hydrogen) atoms. The zero-order valence-electron chi connectivity index (χ0n) is 12.7. The maximum atomic E-state index is 12.0. The summed E-state index contributed by atoms with van der Waals surface area (Å²) in [5, 5.41) is 11.2. The fourth-order valence-corrected chi connectivity index (χ4v) is 3.64. The molecule has 7 heteroatoms. The van der Waals surface area contributed by atoms with Crippen molar-refractivity contribution in [3.8, 4) is 0 Å². The Morgan fingerprint density at radius 1 is 1.08 bits per heavy atom. The lowest BCUT2D eigenvalue weighted by Gasteiger charge is -2.14. The minimum atomic E-state index is -0.640. The summed E-state index contributed by atoms with van der Waals surface area (Å²) < 4.78 is 5.46. The lowest BCUT2D eigenvalue weighted by Crippen LogP contribution is -2.41. The van der Waals surface area contributed by atoms with Gasteiger partial charge in [-0.1, -0.05) is 6.07 Å². The van der Waals surface area contributed by atoms with Crippen LogP contribution in [0.2, 0.25) is 0 Å². The fourth-order valence-electron chi connectivity index (χ4n) is 2.28. The van der Waals surface area contributed by atoms with Crippen LogP contribution in [0.5, 0.6) is 0 Å². The largest absolute Gasteiger partial charge is 0.469 e. The van der Waals surface area contributed by atoms with Gasteiger partial charge in [0.15, 0.2) is 0 Å². The first-order chi connectivity index (χ1) is 11.7. The molecule has 0 aromatic carbocycles. The second-order valence-electron chi connectivity index (χ2n) is 5.10. The Morgan fingerprint density at radius 2 is 1.96 bits per heavy atom. The number of nitrogens with one attached hydrogen (secondary N) is 2. The van der Waals surface area contributed by atoms with E-state index in [-0.39, 0.29) is 5.92 Å². The summed E-state index contributed by atoms with van der Waals surface area (Å²) in [6.07, 6.45) is 1.60. The molecule has 0 saturated heterocycles. The molecule has 3 rings (SSSR count). The monoisotopic (exact) mass is 360 g/mol. The molecule has 5 nitrogen and oxygen atoms in total. The third kappa shape index (κ3) is 4.12.